The minimum absolute atomic E-state index is 0.0837. The van der Waals surface area contributed by atoms with Crippen molar-refractivity contribution in [1.82, 2.24) is 0 Å². The third-order valence-corrected chi connectivity index (χ3v) is 15.2. The molecule has 4 aliphatic carbocycles. The molecule has 0 heterocycles. The molecule has 0 aromatic heterocycles. The van der Waals surface area contributed by atoms with Gasteiger partial charge in [0.15, 0.2) is 5.75 Å². The van der Waals surface area contributed by atoms with Gasteiger partial charge in [0.05, 0.1) is 7.14 Å². The maximum absolute atomic E-state index is 12.8. The molecule has 4 aliphatic rings. The Morgan fingerprint density at radius 1 is 0.933 bits per heavy atom. The van der Waals surface area contributed by atoms with Gasteiger partial charge in [0, 0.05) is 10.5 Å². The molecule has 0 amide bonds. The van der Waals surface area contributed by atoms with Crippen molar-refractivity contribution in [3.05, 3.63) is 34.5 Å². The fourth-order valence-electron chi connectivity index (χ4n) is 10.4. The summed E-state index contributed by atoms with van der Waals surface area (Å²) in [4.78, 5) is 12.8. The standard InChI is InChI=1S/C38H55I3O4/c1-8-25(22(2)3)10-9-23(4)30-13-14-31-29-12-11-26-19-28(15-17-37(26,6)32(29)16-18-38(30,31)7)45-36(42)44-24(5)43-35-33(40)20-27(39)21-34(35)41/h12,20-26,28,30-32H,8-11,13-19H2,1-7H3/t23-,24?,25?,26?,28+,30-,31?,32?,37+,38-/m1/s1. The molecule has 0 saturated heterocycles. The Bertz CT molecular complexity index is 1220. The summed E-state index contributed by atoms with van der Waals surface area (Å²) in [5.41, 5.74) is 2.58. The Kier molecular flexibility index (Phi) is 12.2. The minimum Gasteiger partial charge on any atom is -0.453 e. The molecule has 4 nitrogen and oxygen atoms in total. The summed E-state index contributed by atoms with van der Waals surface area (Å²) in [6.45, 7) is 16.8. The number of ether oxygens (including phenoxy) is 3. The molecule has 45 heavy (non-hydrogen) atoms. The molecule has 0 aliphatic heterocycles. The molecule has 3 fully saturated rings. The molecule has 7 heteroatoms. The number of halogens is 3. The number of rotatable bonds is 10. The fraction of sp³-hybridized carbons (Fsp3) is 0.763. The van der Waals surface area contributed by atoms with Gasteiger partial charge in [-0.05, 0) is 190 Å². The van der Waals surface area contributed by atoms with Gasteiger partial charge in [-0.1, -0.05) is 66.0 Å². The van der Waals surface area contributed by atoms with Gasteiger partial charge in [-0.3, -0.25) is 0 Å². The summed E-state index contributed by atoms with van der Waals surface area (Å²) in [6.07, 6.45) is 15.0. The number of hydrogen-bond donors (Lipinski definition) is 0. The van der Waals surface area contributed by atoms with Crippen LogP contribution in [0.5, 0.6) is 5.75 Å². The summed E-state index contributed by atoms with van der Waals surface area (Å²) in [6, 6.07) is 4.11. The van der Waals surface area contributed by atoms with Gasteiger partial charge in [0.25, 0.3) is 0 Å². The second-order valence-electron chi connectivity index (χ2n) is 15.7. The summed E-state index contributed by atoms with van der Waals surface area (Å²) < 4.78 is 20.7. The van der Waals surface area contributed by atoms with Crippen molar-refractivity contribution in [3.63, 3.8) is 0 Å². The SMILES string of the molecule is CCC(CC[C@@H](C)[C@H]1CCC2C3=CCC4C[C@@H](OC(=O)OC(C)Oc5c(I)cc(I)cc5I)CC[C@]4(C)C3CC[C@@]21C)C(C)C. The van der Waals surface area contributed by atoms with Crippen molar-refractivity contribution in [2.24, 2.45) is 52.3 Å². The van der Waals surface area contributed by atoms with Crippen LogP contribution in [0.2, 0.25) is 0 Å². The topological polar surface area (TPSA) is 44.8 Å². The van der Waals surface area contributed by atoms with Crippen molar-refractivity contribution in [1.29, 1.82) is 0 Å². The van der Waals surface area contributed by atoms with Crippen LogP contribution >= 0.6 is 67.8 Å². The highest BCUT2D eigenvalue weighted by atomic mass is 127. The van der Waals surface area contributed by atoms with Crippen LogP contribution in [-0.2, 0) is 9.47 Å². The monoisotopic (exact) mass is 956 g/mol. The molecule has 5 rings (SSSR count). The number of carbonyl (C=O) groups excluding carboxylic acids is 1. The van der Waals surface area contributed by atoms with E-state index < -0.39 is 12.4 Å². The molecule has 0 bridgehead atoms. The van der Waals surface area contributed by atoms with Crippen molar-refractivity contribution in [2.75, 3.05) is 0 Å². The molecule has 0 radical (unpaired) electrons. The largest absolute Gasteiger partial charge is 0.511 e. The van der Waals surface area contributed by atoms with Crippen LogP contribution < -0.4 is 4.74 Å². The van der Waals surface area contributed by atoms with E-state index in [-0.39, 0.29) is 6.10 Å². The van der Waals surface area contributed by atoms with E-state index in [4.69, 9.17) is 14.2 Å². The highest BCUT2D eigenvalue weighted by Crippen LogP contribution is 2.67. The first-order valence-electron chi connectivity index (χ1n) is 17.6. The first kappa shape index (κ1) is 36.5. The normalized spacial score (nSPS) is 34.6. The summed E-state index contributed by atoms with van der Waals surface area (Å²) in [5, 5.41) is 0. The lowest BCUT2D eigenvalue weighted by molar-refractivity contribution is -0.0895. The average Bonchev–Trinajstić information content (AvgIpc) is 3.32. The second-order valence-corrected chi connectivity index (χ2v) is 19.3. The predicted molar refractivity (Wildman–Crippen MR) is 208 cm³/mol. The van der Waals surface area contributed by atoms with E-state index in [1.165, 1.54) is 44.9 Å². The molecule has 5 unspecified atom stereocenters. The molecule has 0 spiro atoms. The van der Waals surface area contributed by atoms with Crippen LogP contribution in [0.4, 0.5) is 4.79 Å². The van der Waals surface area contributed by atoms with Gasteiger partial charge in [-0.2, -0.15) is 0 Å². The smallest absolute Gasteiger partial charge is 0.453 e. The van der Waals surface area contributed by atoms with Crippen molar-refractivity contribution in [3.8, 4) is 5.75 Å². The zero-order valence-corrected chi connectivity index (χ0v) is 34.9. The number of benzene rings is 1. The maximum atomic E-state index is 12.8. The molecular formula is C38H55I3O4. The minimum atomic E-state index is -0.716. The zero-order valence-electron chi connectivity index (χ0n) is 28.5. The van der Waals surface area contributed by atoms with Crippen LogP contribution in [0, 0.1) is 63.0 Å². The quantitative estimate of drug-likeness (QED) is 0.101. The second kappa shape index (κ2) is 15.0. The van der Waals surface area contributed by atoms with Gasteiger partial charge < -0.3 is 14.2 Å². The third-order valence-electron chi connectivity index (χ3n) is 13.0. The first-order chi connectivity index (χ1) is 21.3. The van der Waals surface area contributed by atoms with Crippen LogP contribution in [0.15, 0.2) is 23.8 Å². The Balaban J connectivity index is 1.17. The third kappa shape index (κ3) is 7.69. The average molecular weight is 957 g/mol. The van der Waals surface area contributed by atoms with E-state index >= 15 is 0 Å². The van der Waals surface area contributed by atoms with Crippen molar-refractivity contribution >= 4 is 73.9 Å². The zero-order chi connectivity index (χ0) is 32.7. The maximum Gasteiger partial charge on any atom is 0.511 e. The number of hydrogen-bond acceptors (Lipinski definition) is 4. The van der Waals surface area contributed by atoms with Gasteiger partial charge in [0.1, 0.15) is 6.10 Å². The molecule has 10 atom stereocenters. The van der Waals surface area contributed by atoms with Crippen LogP contribution in [0.3, 0.4) is 0 Å². The molecule has 252 valence electrons. The predicted octanol–water partition coefficient (Wildman–Crippen LogP) is 12.4. The summed E-state index contributed by atoms with van der Waals surface area (Å²) in [5.74, 6) is 6.11. The van der Waals surface area contributed by atoms with E-state index in [2.05, 4.69) is 128 Å². The van der Waals surface area contributed by atoms with Crippen molar-refractivity contribution in [2.45, 2.75) is 131 Å². The molecule has 1 aromatic rings. The Morgan fingerprint density at radius 3 is 2.27 bits per heavy atom. The van der Waals surface area contributed by atoms with E-state index in [9.17, 15) is 4.79 Å². The highest BCUT2D eigenvalue weighted by molar-refractivity contribution is 14.1. The summed E-state index contributed by atoms with van der Waals surface area (Å²) >= 11 is 6.83. The fourth-order valence-corrected chi connectivity index (χ4v) is 14.2. The lowest BCUT2D eigenvalue weighted by Gasteiger charge is -2.58. The molecular weight excluding hydrogens is 901 g/mol. The van der Waals surface area contributed by atoms with Crippen LogP contribution in [-0.4, -0.2) is 18.5 Å². The van der Waals surface area contributed by atoms with Crippen LogP contribution in [0.1, 0.15) is 119 Å². The first-order valence-corrected chi connectivity index (χ1v) is 20.9. The lowest BCUT2D eigenvalue weighted by atomic mass is 9.47. The van der Waals surface area contributed by atoms with Crippen molar-refractivity contribution < 1.29 is 19.0 Å². The Morgan fingerprint density at radius 2 is 1.60 bits per heavy atom. The van der Waals surface area contributed by atoms with E-state index in [1.807, 2.05) is 5.57 Å². The van der Waals surface area contributed by atoms with Gasteiger partial charge >= 0.3 is 6.16 Å². The van der Waals surface area contributed by atoms with Gasteiger partial charge in [-0.15, -0.1) is 0 Å². The molecule has 3 saturated carbocycles. The lowest BCUT2D eigenvalue weighted by Crippen LogP contribution is -2.50. The molecule has 0 N–H and O–H groups in total. The van der Waals surface area contributed by atoms with E-state index in [1.54, 1.807) is 6.92 Å². The number of carbonyl (C=O) groups is 1. The number of fused-ring (bicyclic) bond motifs is 5. The van der Waals surface area contributed by atoms with Crippen LogP contribution in [0.25, 0.3) is 0 Å². The molecule has 1 aromatic carbocycles. The van der Waals surface area contributed by atoms with Gasteiger partial charge in [0.2, 0.25) is 6.29 Å². The Labute approximate surface area is 314 Å². The summed E-state index contributed by atoms with van der Waals surface area (Å²) in [7, 11) is 0. The van der Waals surface area contributed by atoms with E-state index in [0.717, 1.165) is 71.7 Å². The highest BCUT2D eigenvalue weighted by Gasteiger charge is 2.58. The van der Waals surface area contributed by atoms with E-state index in [0.29, 0.717) is 22.7 Å². The Hall–Kier alpha value is 0.220. The number of allylic oxidation sites excluding steroid dienone is 2. The van der Waals surface area contributed by atoms with Gasteiger partial charge in [-0.25, -0.2) is 4.79 Å².